The molecule has 0 aliphatic rings. The van der Waals surface area contributed by atoms with Gasteiger partial charge in [0.1, 0.15) is 0 Å². The summed E-state index contributed by atoms with van der Waals surface area (Å²) in [5.41, 5.74) is 2.00. The quantitative estimate of drug-likeness (QED) is 0.603. The first kappa shape index (κ1) is 20.3. The summed E-state index contributed by atoms with van der Waals surface area (Å²) in [5.74, 6) is 1.40. The molecule has 0 saturated carbocycles. The van der Waals surface area contributed by atoms with Gasteiger partial charge < -0.3 is 14.4 Å². The van der Waals surface area contributed by atoms with E-state index in [0.717, 1.165) is 15.6 Å². The van der Waals surface area contributed by atoms with Crippen LogP contribution < -0.4 is 9.47 Å². The number of carbonyl (C=O) groups is 1. The zero-order chi connectivity index (χ0) is 19.1. The molecule has 26 heavy (non-hydrogen) atoms. The summed E-state index contributed by atoms with van der Waals surface area (Å²) in [5, 5.41) is 0. The Morgan fingerprint density at radius 3 is 2.23 bits per heavy atom. The van der Waals surface area contributed by atoms with Crippen LogP contribution in [0.5, 0.6) is 11.5 Å². The van der Waals surface area contributed by atoms with Gasteiger partial charge >= 0.3 is 0 Å². The topological polar surface area (TPSA) is 38.8 Å². The van der Waals surface area contributed by atoms with E-state index in [9.17, 15) is 4.79 Å². The summed E-state index contributed by atoms with van der Waals surface area (Å²) in [4.78, 5) is 14.6. The summed E-state index contributed by atoms with van der Waals surface area (Å²) in [6, 6.07) is 13.8. The highest BCUT2D eigenvalue weighted by atomic mass is 79.9. The second kappa shape index (κ2) is 9.62. The van der Waals surface area contributed by atoms with Gasteiger partial charge in [-0.15, -0.1) is 0 Å². The molecule has 0 fully saturated rings. The first-order chi connectivity index (χ1) is 12.5. The number of nitrogens with zero attached hydrogens (tertiary/aromatic N) is 1. The summed E-state index contributed by atoms with van der Waals surface area (Å²) in [6.07, 6.45) is 0.292. The van der Waals surface area contributed by atoms with Crippen LogP contribution in [0.2, 0.25) is 0 Å². The maximum absolute atomic E-state index is 12.8. The van der Waals surface area contributed by atoms with Crippen LogP contribution in [0.3, 0.4) is 0 Å². The predicted octanol–water partition coefficient (Wildman–Crippen LogP) is 5.01. The van der Waals surface area contributed by atoms with Crippen molar-refractivity contribution in [2.24, 2.45) is 0 Å². The second-order valence-corrected chi connectivity index (χ2v) is 6.88. The van der Waals surface area contributed by atoms with Crippen molar-refractivity contribution in [2.45, 2.75) is 33.2 Å². The van der Waals surface area contributed by atoms with Crippen LogP contribution in [-0.4, -0.2) is 31.1 Å². The molecule has 0 N–H and O–H groups in total. The number of halogens is 1. The fourth-order valence-electron chi connectivity index (χ4n) is 2.71. The number of likely N-dealkylation sites (N-methyl/N-ethyl adjacent to an activating group) is 1. The maximum atomic E-state index is 12.8. The van der Waals surface area contributed by atoms with Crippen molar-refractivity contribution in [1.82, 2.24) is 4.90 Å². The van der Waals surface area contributed by atoms with E-state index < -0.39 is 0 Å². The Morgan fingerprint density at radius 2 is 1.65 bits per heavy atom. The van der Waals surface area contributed by atoms with Gasteiger partial charge in [0.05, 0.1) is 25.7 Å². The molecule has 2 aromatic rings. The van der Waals surface area contributed by atoms with Crippen LogP contribution in [0.4, 0.5) is 0 Å². The van der Waals surface area contributed by atoms with Gasteiger partial charge in [0.15, 0.2) is 11.5 Å². The van der Waals surface area contributed by atoms with E-state index in [2.05, 4.69) is 15.9 Å². The normalized spacial score (nSPS) is 11.7. The highest BCUT2D eigenvalue weighted by Crippen LogP contribution is 2.34. The zero-order valence-electron chi connectivity index (χ0n) is 15.8. The van der Waals surface area contributed by atoms with Crippen molar-refractivity contribution >= 4 is 21.8 Å². The molecule has 0 heterocycles. The highest BCUT2D eigenvalue weighted by Gasteiger charge is 2.20. The SMILES string of the molecule is CCOc1cc(Br)c(CC(=O)N(C)C(C)c2ccccc2)cc1OCC. The molecule has 2 aromatic carbocycles. The molecule has 0 aliphatic heterocycles. The summed E-state index contributed by atoms with van der Waals surface area (Å²) in [7, 11) is 1.84. The minimum absolute atomic E-state index is 0.0107. The molecule has 0 aliphatic carbocycles. The second-order valence-electron chi connectivity index (χ2n) is 6.02. The predicted molar refractivity (Wildman–Crippen MR) is 108 cm³/mol. The molecule has 0 aromatic heterocycles. The van der Waals surface area contributed by atoms with Crippen molar-refractivity contribution in [2.75, 3.05) is 20.3 Å². The van der Waals surface area contributed by atoms with Gasteiger partial charge in [-0.25, -0.2) is 0 Å². The van der Waals surface area contributed by atoms with Gasteiger partial charge in [-0.05, 0) is 44.0 Å². The average molecular weight is 420 g/mol. The molecule has 0 bridgehead atoms. The number of ether oxygens (including phenoxy) is 2. The van der Waals surface area contributed by atoms with Crippen molar-refractivity contribution in [3.63, 3.8) is 0 Å². The molecule has 1 unspecified atom stereocenters. The van der Waals surface area contributed by atoms with Crippen LogP contribution in [-0.2, 0) is 11.2 Å². The minimum atomic E-state index is 0.0107. The van der Waals surface area contributed by atoms with Crippen molar-refractivity contribution in [1.29, 1.82) is 0 Å². The van der Waals surface area contributed by atoms with Crippen molar-refractivity contribution in [3.05, 3.63) is 58.1 Å². The Hall–Kier alpha value is -2.01. The van der Waals surface area contributed by atoms with E-state index in [1.807, 2.05) is 70.3 Å². The Balaban J connectivity index is 2.18. The molecule has 5 heteroatoms. The van der Waals surface area contributed by atoms with Crippen LogP contribution in [0.25, 0.3) is 0 Å². The summed E-state index contributed by atoms with van der Waals surface area (Å²) < 4.78 is 12.1. The van der Waals surface area contributed by atoms with E-state index in [-0.39, 0.29) is 11.9 Å². The standard InChI is InChI=1S/C21H26BrNO3/c1-5-25-19-12-17(18(22)14-20(19)26-6-2)13-21(24)23(4)15(3)16-10-8-7-9-11-16/h7-12,14-15H,5-6,13H2,1-4H3. The van der Waals surface area contributed by atoms with E-state index >= 15 is 0 Å². The number of rotatable bonds is 8. The van der Waals surface area contributed by atoms with E-state index in [0.29, 0.717) is 31.1 Å². The molecular weight excluding hydrogens is 394 g/mol. The van der Waals surface area contributed by atoms with E-state index in [1.54, 1.807) is 4.90 Å². The highest BCUT2D eigenvalue weighted by molar-refractivity contribution is 9.10. The minimum Gasteiger partial charge on any atom is -0.490 e. The third-order valence-corrected chi connectivity index (χ3v) is 5.05. The molecular formula is C21H26BrNO3. The molecule has 4 nitrogen and oxygen atoms in total. The Bertz CT molecular complexity index is 734. The maximum Gasteiger partial charge on any atom is 0.227 e. The summed E-state index contributed by atoms with van der Waals surface area (Å²) in [6.45, 7) is 6.99. The van der Waals surface area contributed by atoms with Gasteiger partial charge in [-0.2, -0.15) is 0 Å². The molecule has 0 radical (unpaired) electrons. The van der Waals surface area contributed by atoms with Crippen molar-refractivity contribution in [3.8, 4) is 11.5 Å². The van der Waals surface area contributed by atoms with Crippen LogP contribution in [0.15, 0.2) is 46.9 Å². The molecule has 0 saturated heterocycles. The summed E-state index contributed by atoms with van der Waals surface area (Å²) >= 11 is 3.56. The van der Waals surface area contributed by atoms with Crippen LogP contribution in [0.1, 0.15) is 37.9 Å². The van der Waals surface area contributed by atoms with Gasteiger partial charge in [0, 0.05) is 11.5 Å². The third-order valence-electron chi connectivity index (χ3n) is 4.31. The number of hydrogen-bond donors (Lipinski definition) is 0. The van der Waals surface area contributed by atoms with E-state index in [4.69, 9.17) is 9.47 Å². The van der Waals surface area contributed by atoms with E-state index in [1.165, 1.54) is 0 Å². The lowest BCUT2D eigenvalue weighted by Gasteiger charge is -2.26. The van der Waals surface area contributed by atoms with Crippen molar-refractivity contribution < 1.29 is 14.3 Å². The molecule has 140 valence electrons. The fraction of sp³-hybridized carbons (Fsp3) is 0.381. The van der Waals surface area contributed by atoms with Gasteiger partial charge in [0.2, 0.25) is 5.91 Å². The lowest BCUT2D eigenvalue weighted by Crippen LogP contribution is -2.31. The Kier molecular flexibility index (Phi) is 7.51. The average Bonchev–Trinajstić information content (AvgIpc) is 2.65. The third kappa shape index (κ3) is 5.01. The lowest BCUT2D eigenvalue weighted by atomic mass is 10.1. The van der Waals surface area contributed by atoms with Crippen LogP contribution in [0, 0.1) is 0 Å². The number of carbonyl (C=O) groups excluding carboxylic acids is 1. The molecule has 1 atom stereocenters. The Morgan fingerprint density at radius 1 is 1.08 bits per heavy atom. The molecule has 0 spiro atoms. The molecule has 1 amide bonds. The monoisotopic (exact) mass is 419 g/mol. The fourth-order valence-corrected chi connectivity index (χ4v) is 3.17. The number of amides is 1. The zero-order valence-corrected chi connectivity index (χ0v) is 17.4. The first-order valence-electron chi connectivity index (χ1n) is 8.86. The van der Waals surface area contributed by atoms with Crippen LogP contribution >= 0.6 is 15.9 Å². The van der Waals surface area contributed by atoms with Gasteiger partial charge in [0.25, 0.3) is 0 Å². The first-order valence-corrected chi connectivity index (χ1v) is 9.65. The smallest absolute Gasteiger partial charge is 0.227 e. The van der Waals surface area contributed by atoms with Gasteiger partial charge in [-0.1, -0.05) is 46.3 Å². The number of hydrogen-bond acceptors (Lipinski definition) is 3. The largest absolute Gasteiger partial charge is 0.490 e. The lowest BCUT2D eigenvalue weighted by molar-refractivity contribution is -0.131. The molecule has 2 rings (SSSR count). The Labute approximate surface area is 164 Å². The number of benzene rings is 2. The van der Waals surface area contributed by atoms with Gasteiger partial charge in [-0.3, -0.25) is 4.79 Å².